The number of hydrogen-bond acceptors (Lipinski definition) is 3. The van der Waals surface area contributed by atoms with E-state index in [9.17, 15) is 0 Å². The summed E-state index contributed by atoms with van der Waals surface area (Å²) in [6.45, 7) is 0. The average Bonchev–Trinajstić information content (AvgIpc) is 2.19. The van der Waals surface area contributed by atoms with Crippen LogP contribution in [0.15, 0.2) is 18.3 Å². The van der Waals surface area contributed by atoms with Gasteiger partial charge in [0.1, 0.15) is 5.75 Å². The van der Waals surface area contributed by atoms with Gasteiger partial charge in [0.05, 0.1) is 18.9 Å². The number of pyridine rings is 1. The Bertz CT molecular complexity index is 304. The van der Waals surface area contributed by atoms with Crippen LogP contribution in [0.1, 0.15) is 18.5 Å². The third-order valence-electron chi connectivity index (χ3n) is 1.77. The van der Waals surface area contributed by atoms with Crippen molar-refractivity contribution in [2.45, 2.75) is 19.3 Å². The summed E-state index contributed by atoms with van der Waals surface area (Å²) < 4.78 is 5.13. The molecule has 13 heavy (non-hydrogen) atoms. The SMILES string of the molecule is COc1cccnc1CCCC#N. The molecule has 0 atom stereocenters. The molecule has 1 aromatic heterocycles. The number of hydrogen-bond donors (Lipinski definition) is 0. The van der Waals surface area contributed by atoms with Crippen molar-refractivity contribution in [1.82, 2.24) is 4.98 Å². The van der Waals surface area contributed by atoms with E-state index in [1.165, 1.54) is 0 Å². The molecule has 0 aliphatic carbocycles. The second-order valence-corrected chi connectivity index (χ2v) is 2.66. The van der Waals surface area contributed by atoms with E-state index in [2.05, 4.69) is 11.1 Å². The number of ether oxygens (including phenoxy) is 1. The quantitative estimate of drug-likeness (QED) is 0.658. The van der Waals surface area contributed by atoms with E-state index in [-0.39, 0.29) is 0 Å². The van der Waals surface area contributed by atoms with E-state index in [0.717, 1.165) is 24.3 Å². The van der Waals surface area contributed by atoms with Crippen LogP contribution in [0.4, 0.5) is 0 Å². The van der Waals surface area contributed by atoms with Crippen LogP contribution in [0, 0.1) is 11.3 Å². The molecule has 3 nitrogen and oxygen atoms in total. The molecule has 0 amide bonds. The van der Waals surface area contributed by atoms with Gasteiger partial charge in [-0.05, 0) is 25.0 Å². The summed E-state index contributed by atoms with van der Waals surface area (Å²) in [4.78, 5) is 4.19. The molecule has 0 saturated heterocycles. The lowest BCUT2D eigenvalue weighted by Gasteiger charge is -2.04. The summed E-state index contributed by atoms with van der Waals surface area (Å²) in [5, 5.41) is 8.37. The van der Waals surface area contributed by atoms with Crippen molar-refractivity contribution in [3.05, 3.63) is 24.0 Å². The van der Waals surface area contributed by atoms with E-state index < -0.39 is 0 Å². The van der Waals surface area contributed by atoms with Crippen LogP contribution in [0.25, 0.3) is 0 Å². The lowest BCUT2D eigenvalue weighted by Crippen LogP contribution is -1.94. The van der Waals surface area contributed by atoms with Crippen molar-refractivity contribution in [2.24, 2.45) is 0 Å². The first-order valence-corrected chi connectivity index (χ1v) is 4.23. The smallest absolute Gasteiger partial charge is 0.140 e. The molecule has 0 aliphatic rings. The van der Waals surface area contributed by atoms with Gasteiger partial charge in [0.2, 0.25) is 0 Å². The van der Waals surface area contributed by atoms with Gasteiger partial charge in [-0.15, -0.1) is 0 Å². The van der Waals surface area contributed by atoms with Crippen LogP contribution in [-0.4, -0.2) is 12.1 Å². The predicted octanol–water partition coefficient (Wildman–Crippen LogP) is 1.94. The Kier molecular flexibility index (Phi) is 3.77. The highest BCUT2D eigenvalue weighted by Gasteiger charge is 2.01. The summed E-state index contributed by atoms with van der Waals surface area (Å²) in [7, 11) is 1.63. The number of rotatable bonds is 4. The average molecular weight is 176 g/mol. The highest BCUT2D eigenvalue weighted by Crippen LogP contribution is 2.16. The topological polar surface area (TPSA) is 45.9 Å². The minimum Gasteiger partial charge on any atom is -0.495 e. The Balaban J connectivity index is 2.60. The maximum absolute atomic E-state index is 8.37. The number of unbranched alkanes of at least 4 members (excludes halogenated alkanes) is 1. The maximum atomic E-state index is 8.37. The summed E-state index contributed by atoms with van der Waals surface area (Å²) in [5.41, 5.74) is 0.931. The third kappa shape index (κ3) is 2.75. The summed E-state index contributed by atoms with van der Waals surface area (Å²) in [6, 6.07) is 5.83. The second-order valence-electron chi connectivity index (χ2n) is 2.66. The van der Waals surface area contributed by atoms with E-state index >= 15 is 0 Å². The van der Waals surface area contributed by atoms with Crippen molar-refractivity contribution in [3.8, 4) is 11.8 Å². The van der Waals surface area contributed by atoms with Gasteiger partial charge in [0, 0.05) is 12.6 Å². The van der Waals surface area contributed by atoms with Crippen LogP contribution >= 0.6 is 0 Å². The van der Waals surface area contributed by atoms with Crippen molar-refractivity contribution >= 4 is 0 Å². The molecule has 0 radical (unpaired) electrons. The van der Waals surface area contributed by atoms with Crippen LogP contribution in [0.3, 0.4) is 0 Å². The Labute approximate surface area is 78.0 Å². The van der Waals surface area contributed by atoms with Gasteiger partial charge in [0.15, 0.2) is 0 Å². The molecule has 0 saturated carbocycles. The molecule has 68 valence electrons. The van der Waals surface area contributed by atoms with Gasteiger partial charge in [-0.3, -0.25) is 4.98 Å². The Morgan fingerprint density at radius 1 is 1.62 bits per heavy atom. The van der Waals surface area contributed by atoms with Crippen molar-refractivity contribution in [1.29, 1.82) is 5.26 Å². The van der Waals surface area contributed by atoms with E-state index in [1.54, 1.807) is 13.3 Å². The largest absolute Gasteiger partial charge is 0.495 e. The molecule has 0 fully saturated rings. The molecule has 1 heterocycles. The zero-order chi connectivity index (χ0) is 9.52. The molecule has 1 aromatic rings. The van der Waals surface area contributed by atoms with Crippen molar-refractivity contribution in [2.75, 3.05) is 7.11 Å². The minimum atomic E-state index is 0.569. The van der Waals surface area contributed by atoms with E-state index in [4.69, 9.17) is 10.00 Å². The van der Waals surface area contributed by atoms with Gasteiger partial charge < -0.3 is 4.74 Å². The van der Waals surface area contributed by atoms with Crippen molar-refractivity contribution in [3.63, 3.8) is 0 Å². The summed E-state index contributed by atoms with van der Waals surface area (Å²) in [6.07, 6.45) is 3.95. The predicted molar refractivity (Wildman–Crippen MR) is 49.3 cm³/mol. The molecule has 0 spiro atoms. The van der Waals surface area contributed by atoms with Gasteiger partial charge in [-0.2, -0.15) is 5.26 Å². The standard InChI is InChI=1S/C10H12N2O/c1-13-10-6-4-8-12-9(10)5-2-3-7-11/h4,6,8H,2-3,5H2,1H3. The lowest BCUT2D eigenvalue weighted by molar-refractivity contribution is 0.406. The number of methoxy groups -OCH3 is 1. The second kappa shape index (κ2) is 5.15. The Morgan fingerprint density at radius 2 is 2.46 bits per heavy atom. The van der Waals surface area contributed by atoms with Crippen LogP contribution < -0.4 is 4.74 Å². The fraction of sp³-hybridized carbons (Fsp3) is 0.400. The molecule has 0 aromatic carbocycles. The van der Waals surface area contributed by atoms with E-state index in [1.807, 2.05) is 12.1 Å². The zero-order valence-electron chi connectivity index (χ0n) is 7.66. The molecular weight excluding hydrogens is 164 g/mol. The molecular formula is C10H12N2O. The highest BCUT2D eigenvalue weighted by molar-refractivity contribution is 5.26. The molecule has 0 unspecified atom stereocenters. The fourth-order valence-electron chi connectivity index (χ4n) is 1.13. The maximum Gasteiger partial charge on any atom is 0.140 e. The number of aromatic nitrogens is 1. The molecule has 0 N–H and O–H groups in total. The molecule has 0 bridgehead atoms. The number of nitrogens with zero attached hydrogens (tertiary/aromatic N) is 2. The lowest BCUT2D eigenvalue weighted by atomic mass is 10.2. The van der Waals surface area contributed by atoms with Crippen LogP contribution in [0.2, 0.25) is 0 Å². The number of nitriles is 1. The van der Waals surface area contributed by atoms with Gasteiger partial charge in [0.25, 0.3) is 0 Å². The fourth-order valence-corrected chi connectivity index (χ4v) is 1.13. The van der Waals surface area contributed by atoms with Gasteiger partial charge in [-0.1, -0.05) is 0 Å². The van der Waals surface area contributed by atoms with Gasteiger partial charge >= 0.3 is 0 Å². The molecule has 1 rings (SSSR count). The monoisotopic (exact) mass is 176 g/mol. The van der Waals surface area contributed by atoms with Crippen LogP contribution in [0.5, 0.6) is 5.75 Å². The summed E-state index contributed by atoms with van der Waals surface area (Å²) >= 11 is 0. The highest BCUT2D eigenvalue weighted by atomic mass is 16.5. The Morgan fingerprint density at radius 3 is 3.15 bits per heavy atom. The van der Waals surface area contributed by atoms with Crippen LogP contribution in [-0.2, 0) is 6.42 Å². The minimum absolute atomic E-state index is 0.569. The summed E-state index contributed by atoms with van der Waals surface area (Å²) in [5.74, 6) is 0.806. The van der Waals surface area contributed by atoms with Crippen molar-refractivity contribution < 1.29 is 4.74 Å². The first-order chi connectivity index (χ1) is 6.38. The van der Waals surface area contributed by atoms with E-state index in [0.29, 0.717) is 6.42 Å². The normalized spacial score (nSPS) is 9.23. The molecule has 0 aliphatic heterocycles. The Hall–Kier alpha value is -1.56. The first-order valence-electron chi connectivity index (χ1n) is 4.23. The zero-order valence-corrected chi connectivity index (χ0v) is 7.66. The third-order valence-corrected chi connectivity index (χ3v) is 1.77. The molecule has 3 heteroatoms. The number of aryl methyl sites for hydroxylation is 1. The first kappa shape index (κ1) is 9.53. The van der Waals surface area contributed by atoms with Gasteiger partial charge in [-0.25, -0.2) is 0 Å².